The van der Waals surface area contributed by atoms with Crippen LogP contribution in [0.1, 0.15) is 50.3 Å². The Morgan fingerprint density at radius 2 is 1.61 bits per heavy atom. The molecule has 2 aromatic carbocycles. The molecular weight excluding hydrogens is 352 g/mol. The maximum absolute atomic E-state index is 12.8. The molecule has 1 aliphatic carbocycles. The summed E-state index contributed by atoms with van der Waals surface area (Å²) >= 11 is 0. The summed E-state index contributed by atoms with van der Waals surface area (Å²) in [5.41, 5.74) is 3.71. The first-order valence-electron chi connectivity index (χ1n) is 9.58. The Hall–Kier alpha value is -2.82. The zero-order chi connectivity index (χ0) is 20.4. The summed E-state index contributed by atoms with van der Waals surface area (Å²) in [5, 5.41) is 5.67. The normalized spacial score (nSPS) is 14.9. The Morgan fingerprint density at radius 3 is 2.11 bits per heavy atom. The number of rotatable bonds is 5. The van der Waals surface area contributed by atoms with Crippen LogP contribution in [-0.2, 0) is 26.9 Å². The molecule has 0 aromatic heterocycles. The molecule has 148 valence electrons. The van der Waals surface area contributed by atoms with Crippen LogP contribution < -0.4 is 10.6 Å². The van der Waals surface area contributed by atoms with Crippen LogP contribution in [0.2, 0.25) is 0 Å². The number of carbonyl (C=O) groups excluding carboxylic acids is 2. The average molecular weight is 380 g/mol. The molecule has 0 atom stereocenters. The summed E-state index contributed by atoms with van der Waals surface area (Å²) < 4.78 is 4.57. The fourth-order valence-electron chi connectivity index (χ4n) is 3.29. The predicted molar refractivity (Wildman–Crippen MR) is 110 cm³/mol. The number of nitrogens with one attached hydrogen (secondary N) is 2. The first kappa shape index (κ1) is 19.9. The van der Waals surface area contributed by atoms with Gasteiger partial charge in [-0.2, -0.15) is 0 Å². The molecule has 3 rings (SSSR count). The third-order valence-electron chi connectivity index (χ3n) is 5.33. The van der Waals surface area contributed by atoms with E-state index in [0.717, 1.165) is 24.0 Å². The lowest BCUT2D eigenvalue weighted by atomic mass is 9.85. The number of hydrogen-bond donors (Lipinski definition) is 2. The summed E-state index contributed by atoms with van der Waals surface area (Å²) in [6.07, 6.45) is 1.26. The van der Waals surface area contributed by atoms with Crippen molar-refractivity contribution in [2.45, 2.75) is 51.0 Å². The van der Waals surface area contributed by atoms with Crippen molar-refractivity contribution >= 4 is 17.7 Å². The standard InChI is InChI=1S/C23H28N2O3/c1-22(2,3)17-7-9-18(10-8-17)23(13-14-23)20(26)24-15-16-5-11-19(12-6-16)25-21(27)28-4/h5-12H,13-15H2,1-4H3,(H,24,26)(H,25,27). The third-order valence-corrected chi connectivity index (χ3v) is 5.33. The summed E-state index contributed by atoms with van der Waals surface area (Å²) in [7, 11) is 1.32. The second kappa shape index (κ2) is 7.66. The van der Waals surface area contributed by atoms with Crippen LogP contribution in [0.4, 0.5) is 10.5 Å². The second-order valence-corrected chi connectivity index (χ2v) is 8.41. The van der Waals surface area contributed by atoms with Crippen LogP contribution in [0, 0.1) is 0 Å². The van der Waals surface area contributed by atoms with E-state index in [4.69, 9.17) is 0 Å². The molecule has 1 aliphatic rings. The number of hydrogen-bond acceptors (Lipinski definition) is 3. The first-order valence-corrected chi connectivity index (χ1v) is 9.58. The van der Waals surface area contributed by atoms with E-state index in [1.807, 2.05) is 12.1 Å². The van der Waals surface area contributed by atoms with E-state index in [-0.39, 0.29) is 16.7 Å². The van der Waals surface area contributed by atoms with E-state index in [1.54, 1.807) is 12.1 Å². The van der Waals surface area contributed by atoms with E-state index >= 15 is 0 Å². The van der Waals surface area contributed by atoms with Crippen molar-refractivity contribution in [2.24, 2.45) is 0 Å². The highest BCUT2D eigenvalue weighted by atomic mass is 16.5. The number of ether oxygens (including phenoxy) is 1. The molecule has 28 heavy (non-hydrogen) atoms. The highest BCUT2D eigenvalue weighted by molar-refractivity contribution is 5.91. The van der Waals surface area contributed by atoms with Crippen molar-refractivity contribution in [1.82, 2.24) is 5.32 Å². The number of amides is 2. The van der Waals surface area contributed by atoms with Crippen molar-refractivity contribution in [2.75, 3.05) is 12.4 Å². The van der Waals surface area contributed by atoms with Gasteiger partial charge in [-0.3, -0.25) is 10.1 Å². The number of carbonyl (C=O) groups is 2. The van der Waals surface area contributed by atoms with Crippen LogP contribution in [0.15, 0.2) is 48.5 Å². The molecule has 5 heteroatoms. The Kier molecular flexibility index (Phi) is 5.45. The fraction of sp³-hybridized carbons (Fsp3) is 0.391. The highest BCUT2D eigenvalue weighted by Gasteiger charge is 2.51. The van der Waals surface area contributed by atoms with E-state index in [2.05, 4.69) is 60.4 Å². The summed E-state index contributed by atoms with van der Waals surface area (Å²) in [5.74, 6) is 0.0766. The van der Waals surface area contributed by atoms with Gasteiger partial charge in [0.05, 0.1) is 12.5 Å². The summed E-state index contributed by atoms with van der Waals surface area (Å²) in [4.78, 5) is 24.1. The molecule has 0 heterocycles. The zero-order valence-electron chi connectivity index (χ0n) is 17.0. The monoisotopic (exact) mass is 380 g/mol. The Balaban J connectivity index is 1.61. The molecule has 0 bridgehead atoms. The van der Waals surface area contributed by atoms with Gasteiger partial charge in [-0.1, -0.05) is 57.2 Å². The van der Waals surface area contributed by atoms with Gasteiger partial charge < -0.3 is 10.1 Å². The minimum atomic E-state index is -0.505. The minimum absolute atomic E-state index is 0.0766. The molecule has 1 saturated carbocycles. The van der Waals surface area contributed by atoms with Gasteiger partial charge in [-0.15, -0.1) is 0 Å². The van der Waals surface area contributed by atoms with Crippen molar-refractivity contribution in [3.8, 4) is 0 Å². The highest BCUT2D eigenvalue weighted by Crippen LogP contribution is 2.48. The van der Waals surface area contributed by atoms with Gasteiger partial charge in [0.25, 0.3) is 0 Å². The average Bonchev–Trinajstić information content (AvgIpc) is 3.48. The van der Waals surface area contributed by atoms with Crippen LogP contribution in [0.5, 0.6) is 0 Å². The van der Waals surface area contributed by atoms with Gasteiger partial charge in [-0.05, 0) is 47.1 Å². The van der Waals surface area contributed by atoms with Crippen molar-refractivity contribution in [3.05, 3.63) is 65.2 Å². The van der Waals surface area contributed by atoms with E-state index in [9.17, 15) is 9.59 Å². The molecule has 2 amide bonds. The largest absolute Gasteiger partial charge is 0.453 e. The number of benzene rings is 2. The molecule has 0 aliphatic heterocycles. The molecule has 0 saturated heterocycles. The van der Waals surface area contributed by atoms with Crippen molar-refractivity contribution < 1.29 is 14.3 Å². The SMILES string of the molecule is COC(=O)Nc1ccc(CNC(=O)C2(c3ccc(C(C)(C)C)cc3)CC2)cc1. The molecule has 0 radical (unpaired) electrons. The molecule has 2 aromatic rings. The minimum Gasteiger partial charge on any atom is -0.453 e. The van der Waals surface area contributed by atoms with Gasteiger partial charge >= 0.3 is 6.09 Å². The quantitative estimate of drug-likeness (QED) is 0.802. The number of methoxy groups -OCH3 is 1. The van der Waals surface area contributed by atoms with Gasteiger partial charge in [0.1, 0.15) is 0 Å². The van der Waals surface area contributed by atoms with Crippen molar-refractivity contribution in [3.63, 3.8) is 0 Å². The molecule has 0 spiro atoms. The van der Waals surface area contributed by atoms with Crippen LogP contribution in [0.25, 0.3) is 0 Å². The first-order chi connectivity index (χ1) is 13.2. The van der Waals surface area contributed by atoms with E-state index in [1.165, 1.54) is 12.7 Å². The van der Waals surface area contributed by atoms with Crippen LogP contribution in [-0.4, -0.2) is 19.1 Å². The molecule has 5 nitrogen and oxygen atoms in total. The topological polar surface area (TPSA) is 67.4 Å². The maximum Gasteiger partial charge on any atom is 0.411 e. The molecule has 0 unspecified atom stereocenters. The number of anilines is 1. The van der Waals surface area contributed by atoms with Gasteiger partial charge in [0.15, 0.2) is 0 Å². The van der Waals surface area contributed by atoms with Gasteiger partial charge in [0.2, 0.25) is 5.91 Å². The van der Waals surface area contributed by atoms with Crippen molar-refractivity contribution in [1.29, 1.82) is 0 Å². The van der Waals surface area contributed by atoms with Gasteiger partial charge in [-0.25, -0.2) is 4.79 Å². The third kappa shape index (κ3) is 4.35. The molecular formula is C23H28N2O3. The fourth-order valence-corrected chi connectivity index (χ4v) is 3.29. The Morgan fingerprint density at radius 1 is 1.00 bits per heavy atom. The Bertz CT molecular complexity index is 845. The predicted octanol–water partition coefficient (Wildman–Crippen LogP) is 4.51. The molecule has 2 N–H and O–H groups in total. The summed E-state index contributed by atoms with van der Waals surface area (Å²) in [6, 6.07) is 15.8. The lowest BCUT2D eigenvalue weighted by Gasteiger charge is -2.21. The van der Waals surface area contributed by atoms with Gasteiger partial charge in [0, 0.05) is 12.2 Å². The lowest BCUT2D eigenvalue weighted by molar-refractivity contribution is -0.123. The molecule has 1 fully saturated rings. The summed E-state index contributed by atoms with van der Waals surface area (Å²) in [6.45, 7) is 7.02. The van der Waals surface area contributed by atoms with Crippen LogP contribution in [0.3, 0.4) is 0 Å². The maximum atomic E-state index is 12.8. The van der Waals surface area contributed by atoms with E-state index < -0.39 is 6.09 Å². The Labute approximate surface area is 166 Å². The zero-order valence-corrected chi connectivity index (χ0v) is 17.0. The second-order valence-electron chi connectivity index (χ2n) is 8.41. The van der Waals surface area contributed by atoms with E-state index in [0.29, 0.717) is 12.2 Å². The van der Waals surface area contributed by atoms with Crippen LogP contribution >= 0.6 is 0 Å². The lowest BCUT2D eigenvalue weighted by Crippen LogP contribution is -2.34. The smallest absolute Gasteiger partial charge is 0.411 e.